The number of rotatable bonds is 3. The van der Waals surface area contributed by atoms with Gasteiger partial charge in [-0.3, -0.25) is 0 Å². The first-order valence-corrected chi connectivity index (χ1v) is 5.15. The molecule has 0 saturated heterocycles. The molecule has 0 aliphatic heterocycles. The summed E-state index contributed by atoms with van der Waals surface area (Å²) in [7, 11) is 4.21. The molecule has 0 unspecified atom stereocenters. The average molecular weight is 275 g/mol. The summed E-state index contributed by atoms with van der Waals surface area (Å²) in [4.78, 5) is 2.21. The van der Waals surface area contributed by atoms with E-state index in [-0.39, 0.29) is 0 Å². The van der Waals surface area contributed by atoms with Crippen molar-refractivity contribution in [3.63, 3.8) is 0 Å². The van der Waals surface area contributed by atoms with Gasteiger partial charge in [0.1, 0.15) is 0 Å². The molecule has 66 valence electrons. The first-order valence-electron chi connectivity index (χ1n) is 4.07. The summed E-state index contributed by atoms with van der Waals surface area (Å²) in [5, 5.41) is 0. The molecule has 0 aliphatic carbocycles. The Morgan fingerprint density at radius 2 is 1.75 bits per heavy atom. The monoisotopic (exact) mass is 275 g/mol. The Balaban J connectivity index is 2.48. The van der Waals surface area contributed by atoms with Crippen LogP contribution in [0.4, 0.5) is 0 Å². The third kappa shape index (κ3) is 3.54. The highest BCUT2D eigenvalue weighted by Gasteiger charge is 1.93. The van der Waals surface area contributed by atoms with Crippen LogP contribution in [0, 0.1) is 3.57 Å². The maximum absolute atomic E-state index is 2.33. The van der Waals surface area contributed by atoms with Gasteiger partial charge in [-0.2, -0.15) is 0 Å². The maximum atomic E-state index is 2.33. The largest absolute Gasteiger partial charge is 0.309 e. The van der Waals surface area contributed by atoms with E-state index in [1.54, 1.807) is 0 Å². The van der Waals surface area contributed by atoms with Crippen LogP contribution in [0.25, 0.3) is 0 Å². The van der Waals surface area contributed by atoms with Crippen LogP contribution in [-0.4, -0.2) is 25.5 Å². The molecule has 0 N–H and O–H groups in total. The third-order valence-corrected chi connectivity index (χ3v) is 2.48. The number of nitrogens with zero attached hydrogens (tertiary/aromatic N) is 1. The lowest BCUT2D eigenvalue weighted by Gasteiger charge is -2.08. The Kier molecular flexibility index (Phi) is 4.01. The quantitative estimate of drug-likeness (QED) is 0.766. The summed E-state index contributed by atoms with van der Waals surface area (Å²) in [6, 6.07) is 8.72. The Morgan fingerprint density at radius 3 is 2.25 bits per heavy atom. The van der Waals surface area contributed by atoms with Gasteiger partial charge in [-0.15, -0.1) is 0 Å². The normalized spacial score (nSPS) is 10.7. The second kappa shape index (κ2) is 4.82. The number of hydrogen-bond acceptors (Lipinski definition) is 1. The van der Waals surface area contributed by atoms with Crippen LogP contribution in [0.5, 0.6) is 0 Å². The van der Waals surface area contributed by atoms with Gasteiger partial charge in [-0.1, -0.05) is 12.1 Å². The molecule has 1 aromatic carbocycles. The molecule has 1 nitrogen and oxygen atoms in total. The minimum atomic E-state index is 1.13. The first kappa shape index (κ1) is 9.99. The molecule has 0 atom stereocenters. The smallest absolute Gasteiger partial charge is 0.0130 e. The van der Waals surface area contributed by atoms with Crippen molar-refractivity contribution in [1.82, 2.24) is 4.90 Å². The zero-order valence-corrected chi connectivity index (χ0v) is 9.71. The molecule has 0 aromatic heterocycles. The van der Waals surface area contributed by atoms with Crippen LogP contribution in [0.2, 0.25) is 0 Å². The third-order valence-electron chi connectivity index (χ3n) is 1.76. The van der Waals surface area contributed by atoms with E-state index in [9.17, 15) is 0 Å². The summed E-state index contributed by atoms with van der Waals surface area (Å²) in [5.41, 5.74) is 1.42. The van der Waals surface area contributed by atoms with Gasteiger partial charge in [-0.05, 0) is 60.8 Å². The molecule has 0 heterocycles. The fourth-order valence-electron chi connectivity index (χ4n) is 1.00. The molecule has 0 fully saturated rings. The fourth-order valence-corrected chi connectivity index (χ4v) is 1.36. The highest BCUT2D eigenvalue weighted by atomic mass is 127. The van der Waals surface area contributed by atoms with E-state index in [0.29, 0.717) is 0 Å². The van der Waals surface area contributed by atoms with E-state index in [1.165, 1.54) is 9.13 Å². The lowest BCUT2D eigenvalue weighted by molar-refractivity contribution is 0.413. The SMILES string of the molecule is CN(C)CCc1ccc(I)cc1. The minimum Gasteiger partial charge on any atom is -0.309 e. The molecule has 0 radical (unpaired) electrons. The molecule has 0 spiro atoms. The van der Waals surface area contributed by atoms with Gasteiger partial charge in [0, 0.05) is 10.1 Å². The highest BCUT2D eigenvalue weighted by molar-refractivity contribution is 14.1. The van der Waals surface area contributed by atoms with Crippen LogP contribution in [0.1, 0.15) is 5.56 Å². The van der Waals surface area contributed by atoms with E-state index in [4.69, 9.17) is 0 Å². The fraction of sp³-hybridized carbons (Fsp3) is 0.400. The van der Waals surface area contributed by atoms with Crippen molar-refractivity contribution in [2.24, 2.45) is 0 Å². The topological polar surface area (TPSA) is 3.24 Å². The van der Waals surface area contributed by atoms with Crippen LogP contribution in [0.3, 0.4) is 0 Å². The second-order valence-electron chi connectivity index (χ2n) is 3.18. The van der Waals surface area contributed by atoms with Crippen molar-refractivity contribution < 1.29 is 0 Å². The predicted octanol–water partition coefficient (Wildman–Crippen LogP) is 2.40. The summed E-state index contributed by atoms with van der Waals surface area (Å²) >= 11 is 2.33. The Hall–Kier alpha value is -0.0900. The summed E-state index contributed by atoms with van der Waals surface area (Å²) in [5.74, 6) is 0. The summed E-state index contributed by atoms with van der Waals surface area (Å²) in [6.07, 6.45) is 1.14. The molecule has 2 heteroatoms. The van der Waals surface area contributed by atoms with E-state index >= 15 is 0 Å². The summed E-state index contributed by atoms with van der Waals surface area (Å²) < 4.78 is 1.31. The average Bonchev–Trinajstić information content (AvgIpc) is 2.03. The van der Waals surface area contributed by atoms with Gasteiger partial charge in [0.05, 0.1) is 0 Å². The molecule has 0 bridgehead atoms. The van der Waals surface area contributed by atoms with Crippen LogP contribution < -0.4 is 0 Å². The Bertz CT molecular complexity index is 228. The molecule has 0 aliphatic rings. The second-order valence-corrected chi connectivity index (χ2v) is 4.43. The van der Waals surface area contributed by atoms with Crippen LogP contribution >= 0.6 is 22.6 Å². The zero-order valence-electron chi connectivity index (χ0n) is 7.55. The van der Waals surface area contributed by atoms with Gasteiger partial charge in [0.15, 0.2) is 0 Å². The molecule has 0 saturated carbocycles. The zero-order chi connectivity index (χ0) is 8.97. The van der Waals surface area contributed by atoms with E-state index in [2.05, 4.69) is 65.9 Å². The molecule has 1 aromatic rings. The van der Waals surface area contributed by atoms with Gasteiger partial charge < -0.3 is 4.90 Å². The van der Waals surface area contributed by atoms with Crippen molar-refractivity contribution >= 4 is 22.6 Å². The van der Waals surface area contributed by atoms with E-state index < -0.39 is 0 Å². The Labute approximate surface area is 87.9 Å². The number of benzene rings is 1. The minimum absolute atomic E-state index is 1.13. The van der Waals surface area contributed by atoms with Crippen molar-refractivity contribution in [2.45, 2.75) is 6.42 Å². The van der Waals surface area contributed by atoms with Crippen LogP contribution in [-0.2, 0) is 6.42 Å². The summed E-state index contributed by atoms with van der Waals surface area (Å²) in [6.45, 7) is 1.13. The van der Waals surface area contributed by atoms with E-state index in [1.807, 2.05) is 0 Å². The lowest BCUT2D eigenvalue weighted by Crippen LogP contribution is -2.14. The van der Waals surface area contributed by atoms with Crippen molar-refractivity contribution in [2.75, 3.05) is 20.6 Å². The van der Waals surface area contributed by atoms with Gasteiger partial charge in [-0.25, -0.2) is 0 Å². The molecular weight excluding hydrogens is 261 g/mol. The number of halogens is 1. The number of likely N-dealkylation sites (N-methyl/N-ethyl adjacent to an activating group) is 1. The molecule has 0 amide bonds. The van der Waals surface area contributed by atoms with Crippen molar-refractivity contribution in [1.29, 1.82) is 0 Å². The standard InChI is InChI=1S/C10H14IN/c1-12(2)8-7-9-3-5-10(11)6-4-9/h3-6H,7-8H2,1-2H3. The van der Waals surface area contributed by atoms with Crippen molar-refractivity contribution in [3.05, 3.63) is 33.4 Å². The van der Waals surface area contributed by atoms with Crippen molar-refractivity contribution in [3.8, 4) is 0 Å². The Morgan fingerprint density at radius 1 is 1.17 bits per heavy atom. The van der Waals surface area contributed by atoms with Crippen LogP contribution in [0.15, 0.2) is 24.3 Å². The molecule has 12 heavy (non-hydrogen) atoms. The maximum Gasteiger partial charge on any atom is 0.0130 e. The highest BCUT2D eigenvalue weighted by Crippen LogP contribution is 2.07. The predicted molar refractivity (Wildman–Crippen MR) is 61.4 cm³/mol. The molecule has 1 rings (SSSR count). The van der Waals surface area contributed by atoms with E-state index in [0.717, 1.165) is 13.0 Å². The van der Waals surface area contributed by atoms with Gasteiger partial charge >= 0.3 is 0 Å². The first-order chi connectivity index (χ1) is 5.68. The lowest BCUT2D eigenvalue weighted by atomic mass is 10.1. The number of hydrogen-bond donors (Lipinski definition) is 0. The van der Waals surface area contributed by atoms with Gasteiger partial charge in [0.2, 0.25) is 0 Å². The molecular formula is C10H14IN. The van der Waals surface area contributed by atoms with Gasteiger partial charge in [0.25, 0.3) is 0 Å².